The van der Waals surface area contributed by atoms with Crippen molar-refractivity contribution in [2.24, 2.45) is 0 Å². The first-order valence-corrected chi connectivity index (χ1v) is 15.6. The molecule has 214 valence electrons. The van der Waals surface area contributed by atoms with Crippen LogP contribution in [0.1, 0.15) is 47.6 Å². The number of amides is 2. The van der Waals surface area contributed by atoms with Crippen LogP contribution in [0, 0.1) is 20.8 Å². The van der Waals surface area contributed by atoms with E-state index in [2.05, 4.69) is 5.32 Å². The number of hydrogen-bond acceptors (Lipinski definition) is 4. The van der Waals surface area contributed by atoms with Crippen molar-refractivity contribution in [2.45, 2.75) is 59.5 Å². The molecule has 0 spiro atoms. The number of nitrogens with zero attached hydrogens (tertiary/aromatic N) is 2. The van der Waals surface area contributed by atoms with Crippen molar-refractivity contribution in [1.29, 1.82) is 0 Å². The van der Waals surface area contributed by atoms with Gasteiger partial charge < -0.3 is 10.2 Å². The fraction of sp³-hybridized carbons (Fsp3) is 0.375. The molecule has 0 bridgehead atoms. The van der Waals surface area contributed by atoms with Gasteiger partial charge >= 0.3 is 0 Å². The largest absolute Gasteiger partial charge is 0.354 e. The maximum atomic E-state index is 14.1. The van der Waals surface area contributed by atoms with Crippen LogP contribution < -0.4 is 9.62 Å². The molecule has 1 atom stereocenters. The molecule has 2 amide bonds. The normalized spacial score (nSPS) is 12.0. The minimum absolute atomic E-state index is 0.169. The molecular formula is C32H41N3O4S. The molecule has 0 heterocycles. The average molecular weight is 564 g/mol. The molecule has 0 aliphatic carbocycles. The van der Waals surface area contributed by atoms with Gasteiger partial charge in [-0.1, -0.05) is 79.6 Å². The predicted molar refractivity (Wildman–Crippen MR) is 162 cm³/mol. The van der Waals surface area contributed by atoms with Crippen molar-refractivity contribution >= 4 is 27.5 Å². The summed E-state index contributed by atoms with van der Waals surface area (Å²) >= 11 is 0. The second kappa shape index (κ2) is 14.1. The number of sulfonamides is 1. The summed E-state index contributed by atoms with van der Waals surface area (Å²) in [6.45, 7) is 8.15. The summed E-state index contributed by atoms with van der Waals surface area (Å²) in [7, 11) is -3.79. The Hall–Kier alpha value is -3.65. The second-order valence-corrected chi connectivity index (χ2v) is 12.3. The maximum absolute atomic E-state index is 14.1. The number of carbonyl (C=O) groups is 2. The monoisotopic (exact) mass is 563 g/mol. The van der Waals surface area contributed by atoms with Crippen LogP contribution in [0.5, 0.6) is 0 Å². The fourth-order valence-corrected chi connectivity index (χ4v) is 5.29. The minimum Gasteiger partial charge on any atom is -0.354 e. The number of nitrogens with one attached hydrogen (secondary N) is 1. The molecule has 3 rings (SSSR count). The molecular weight excluding hydrogens is 522 g/mol. The van der Waals surface area contributed by atoms with Crippen molar-refractivity contribution in [3.63, 3.8) is 0 Å². The summed E-state index contributed by atoms with van der Waals surface area (Å²) in [5.41, 5.74) is 5.21. The lowest BCUT2D eigenvalue weighted by molar-refractivity contribution is -0.140. The Labute approximate surface area is 239 Å². The van der Waals surface area contributed by atoms with Gasteiger partial charge in [-0.15, -0.1) is 0 Å². The van der Waals surface area contributed by atoms with Crippen molar-refractivity contribution in [3.05, 3.63) is 101 Å². The Bertz CT molecular complexity index is 1390. The Morgan fingerprint density at radius 3 is 2.15 bits per heavy atom. The van der Waals surface area contributed by atoms with E-state index in [1.807, 2.05) is 88.4 Å². The summed E-state index contributed by atoms with van der Waals surface area (Å²) < 4.78 is 27.0. The summed E-state index contributed by atoms with van der Waals surface area (Å²) in [4.78, 5) is 29.2. The molecule has 8 heteroatoms. The van der Waals surface area contributed by atoms with E-state index >= 15 is 0 Å². The zero-order valence-corrected chi connectivity index (χ0v) is 25.0. The lowest BCUT2D eigenvalue weighted by Crippen LogP contribution is -2.53. The molecule has 0 radical (unpaired) electrons. The highest BCUT2D eigenvalue weighted by atomic mass is 32.2. The van der Waals surface area contributed by atoms with E-state index in [1.165, 1.54) is 4.90 Å². The number of rotatable bonds is 13. The van der Waals surface area contributed by atoms with Crippen LogP contribution in [0.25, 0.3) is 0 Å². The van der Waals surface area contributed by atoms with E-state index in [1.54, 1.807) is 12.1 Å². The molecule has 0 aliphatic heterocycles. The zero-order chi connectivity index (χ0) is 29.3. The highest BCUT2D eigenvalue weighted by Gasteiger charge is 2.33. The molecule has 7 nitrogen and oxygen atoms in total. The van der Waals surface area contributed by atoms with Crippen molar-refractivity contribution < 1.29 is 18.0 Å². The summed E-state index contributed by atoms with van der Waals surface area (Å²) in [6.07, 6.45) is 3.15. The third-order valence-electron chi connectivity index (χ3n) is 7.03. The van der Waals surface area contributed by atoms with Gasteiger partial charge in [0, 0.05) is 19.5 Å². The average Bonchev–Trinajstić information content (AvgIpc) is 2.92. The third-order valence-corrected chi connectivity index (χ3v) is 8.17. The quantitative estimate of drug-likeness (QED) is 0.299. The van der Waals surface area contributed by atoms with Crippen molar-refractivity contribution in [3.8, 4) is 0 Å². The van der Waals surface area contributed by atoms with E-state index in [4.69, 9.17) is 0 Å². The van der Waals surface area contributed by atoms with Crippen LogP contribution in [-0.4, -0.2) is 50.5 Å². The van der Waals surface area contributed by atoms with Gasteiger partial charge in [0.05, 0.1) is 11.9 Å². The lowest BCUT2D eigenvalue weighted by Gasteiger charge is -2.33. The Morgan fingerprint density at radius 1 is 0.875 bits per heavy atom. The van der Waals surface area contributed by atoms with Gasteiger partial charge in [0.1, 0.15) is 12.6 Å². The van der Waals surface area contributed by atoms with Gasteiger partial charge in [-0.25, -0.2) is 8.42 Å². The maximum Gasteiger partial charge on any atom is 0.244 e. The first-order chi connectivity index (χ1) is 19.0. The molecule has 0 aromatic heterocycles. The predicted octanol–water partition coefficient (Wildman–Crippen LogP) is 4.93. The molecule has 40 heavy (non-hydrogen) atoms. The molecule has 0 fully saturated rings. The lowest BCUT2D eigenvalue weighted by atomic mass is 10.0. The summed E-state index contributed by atoms with van der Waals surface area (Å²) in [5, 5.41) is 3.00. The van der Waals surface area contributed by atoms with Gasteiger partial charge in [-0.2, -0.15) is 0 Å². The van der Waals surface area contributed by atoms with Crippen molar-refractivity contribution in [2.75, 3.05) is 23.7 Å². The minimum atomic E-state index is -3.79. The third kappa shape index (κ3) is 8.68. The first-order valence-electron chi connectivity index (χ1n) is 13.7. The molecule has 1 N–H and O–H groups in total. The number of carbonyl (C=O) groups excluding carboxylic acids is 2. The molecule has 1 unspecified atom stereocenters. The van der Waals surface area contributed by atoms with Crippen LogP contribution in [0.4, 0.5) is 5.69 Å². The molecule has 0 aliphatic rings. The highest BCUT2D eigenvalue weighted by molar-refractivity contribution is 7.92. The van der Waals surface area contributed by atoms with Crippen LogP contribution in [-0.2, 0) is 32.6 Å². The number of unbranched alkanes of at least 4 members (excludes halogenated alkanes) is 1. The summed E-state index contributed by atoms with van der Waals surface area (Å²) in [6, 6.07) is 21.9. The van der Waals surface area contributed by atoms with Gasteiger partial charge in [-0.05, 0) is 61.6 Å². The van der Waals surface area contributed by atoms with Crippen LogP contribution in [0.15, 0.2) is 72.8 Å². The van der Waals surface area contributed by atoms with E-state index < -0.39 is 28.5 Å². The molecule has 3 aromatic carbocycles. The van der Waals surface area contributed by atoms with E-state index in [9.17, 15) is 18.0 Å². The molecule has 3 aromatic rings. The number of benzene rings is 3. The zero-order valence-electron chi connectivity index (χ0n) is 24.2. The second-order valence-electron chi connectivity index (χ2n) is 10.4. The molecule has 0 saturated carbocycles. The summed E-state index contributed by atoms with van der Waals surface area (Å²) in [5.74, 6) is -0.703. The highest BCUT2D eigenvalue weighted by Crippen LogP contribution is 2.23. The van der Waals surface area contributed by atoms with E-state index in [-0.39, 0.29) is 12.5 Å². The van der Waals surface area contributed by atoms with Crippen molar-refractivity contribution in [1.82, 2.24) is 10.2 Å². The van der Waals surface area contributed by atoms with Gasteiger partial charge in [-0.3, -0.25) is 13.9 Å². The number of hydrogen-bond donors (Lipinski definition) is 1. The van der Waals surface area contributed by atoms with E-state index in [0.29, 0.717) is 18.7 Å². The van der Waals surface area contributed by atoms with Gasteiger partial charge in [0.2, 0.25) is 21.8 Å². The van der Waals surface area contributed by atoms with Gasteiger partial charge in [0.25, 0.3) is 0 Å². The van der Waals surface area contributed by atoms with Crippen LogP contribution in [0.3, 0.4) is 0 Å². The van der Waals surface area contributed by atoms with Crippen LogP contribution >= 0.6 is 0 Å². The standard InChI is InChI=1S/C32H41N3O4S/c1-6-7-19-33-32(37)30(21-27-11-9-8-10-12-27)34(22-28-16-13-24(2)14-17-28)31(36)23-35(40(5,38)39)29-18-15-25(3)26(4)20-29/h8-18,20,30H,6-7,19,21-23H2,1-5H3,(H,33,37). The number of anilines is 1. The Balaban J connectivity index is 2.03. The smallest absolute Gasteiger partial charge is 0.244 e. The van der Waals surface area contributed by atoms with Crippen LogP contribution in [0.2, 0.25) is 0 Å². The number of aryl methyl sites for hydroxylation is 3. The molecule has 0 saturated heterocycles. The Morgan fingerprint density at radius 2 is 1.55 bits per heavy atom. The topological polar surface area (TPSA) is 86.8 Å². The Kier molecular flexibility index (Phi) is 10.9. The first kappa shape index (κ1) is 30.9. The SMILES string of the molecule is CCCCNC(=O)C(Cc1ccccc1)N(Cc1ccc(C)cc1)C(=O)CN(c1ccc(C)c(C)c1)S(C)(=O)=O. The fourth-order valence-electron chi connectivity index (χ4n) is 4.44. The van der Waals surface area contributed by atoms with E-state index in [0.717, 1.165) is 51.2 Å². The van der Waals surface area contributed by atoms with Gasteiger partial charge in [0.15, 0.2) is 0 Å².